The Morgan fingerprint density at radius 3 is 2.52 bits per heavy atom. The Morgan fingerprint density at radius 1 is 1.20 bits per heavy atom. The number of benzene rings is 1. The summed E-state index contributed by atoms with van der Waals surface area (Å²) in [5.74, 6) is -0.0660. The predicted molar refractivity (Wildman–Crippen MR) is 102 cm³/mol. The average molecular weight is 345 g/mol. The normalized spacial score (nSPS) is 20.8. The number of nitrogens with one attached hydrogen (secondary N) is 2. The second-order valence-electron chi connectivity index (χ2n) is 7.36. The number of nitrogens with zero attached hydrogens (tertiary/aromatic N) is 1. The van der Waals surface area contributed by atoms with Gasteiger partial charge in [-0.05, 0) is 52.2 Å². The maximum Gasteiger partial charge on any atom is 0.239 e. The van der Waals surface area contributed by atoms with Gasteiger partial charge in [-0.25, -0.2) is 0 Å². The molecule has 138 valence electrons. The van der Waals surface area contributed by atoms with Crippen LogP contribution in [0.2, 0.25) is 0 Å². The van der Waals surface area contributed by atoms with Crippen molar-refractivity contribution < 1.29 is 9.59 Å². The Hall–Kier alpha value is -2.04. The van der Waals surface area contributed by atoms with E-state index in [0.29, 0.717) is 13.0 Å². The summed E-state index contributed by atoms with van der Waals surface area (Å²) in [4.78, 5) is 27.1. The lowest BCUT2D eigenvalue weighted by molar-refractivity contribution is -0.123. The predicted octanol–water partition coefficient (Wildman–Crippen LogP) is 2.81. The fraction of sp³-hybridized carbons (Fsp3) is 0.600. The molecule has 2 rings (SSSR count). The first-order valence-electron chi connectivity index (χ1n) is 9.28. The van der Waals surface area contributed by atoms with Crippen LogP contribution in [-0.2, 0) is 9.59 Å². The topological polar surface area (TPSA) is 61.4 Å². The van der Waals surface area contributed by atoms with E-state index in [1.54, 1.807) is 0 Å². The molecule has 1 aliphatic rings. The molecule has 0 aromatic heterocycles. The van der Waals surface area contributed by atoms with Gasteiger partial charge in [0, 0.05) is 23.8 Å². The zero-order valence-electron chi connectivity index (χ0n) is 16.0. The minimum Gasteiger partial charge on any atom is -0.359 e. The lowest BCUT2D eigenvalue weighted by Crippen LogP contribution is -2.48. The standard InChI is InChI=1S/C20H31N3O2/c1-6-14(4)22-20(25)17-11-15(5)23(12-19(24)21-13(2)3)18-10-8-7-9-16(17)18/h7-10,13-15,17H,6,11-12H2,1-5H3,(H,21,24)(H,22,25)/t14-,15-,17+/m0/s1. The lowest BCUT2D eigenvalue weighted by Gasteiger charge is -2.40. The molecule has 5 nitrogen and oxygen atoms in total. The number of carbonyl (C=O) groups excluding carboxylic acids is 2. The largest absolute Gasteiger partial charge is 0.359 e. The summed E-state index contributed by atoms with van der Waals surface area (Å²) in [6, 6.07) is 8.37. The van der Waals surface area contributed by atoms with Crippen LogP contribution in [0.4, 0.5) is 5.69 Å². The summed E-state index contributed by atoms with van der Waals surface area (Å²) in [6.45, 7) is 10.4. The highest BCUT2D eigenvalue weighted by molar-refractivity contribution is 5.88. The van der Waals surface area contributed by atoms with Crippen LogP contribution in [0.5, 0.6) is 0 Å². The highest BCUT2D eigenvalue weighted by Gasteiger charge is 2.35. The van der Waals surface area contributed by atoms with E-state index in [0.717, 1.165) is 17.7 Å². The lowest BCUT2D eigenvalue weighted by atomic mass is 9.85. The van der Waals surface area contributed by atoms with Crippen molar-refractivity contribution >= 4 is 17.5 Å². The van der Waals surface area contributed by atoms with Gasteiger partial charge in [0.1, 0.15) is 0 Å². The molecule has 0 saturated carbocycles. The van der Waals surface area contributed by atoms with Gasteiger partial charge in [0.2, 0.25) is 11.8 Å². The van der Waals surface area contributed by atoms with Crippen LogP contribution in [0.15, 0.2) is 24.3 Å². The first-order valence-corrected chi connectivity index (χ1v) is 9.28. The van der Waals surface area contributed by atoms with Gasteiger partial charge in [-0.2, -0.15) is 0 Å². The van der Waals surface area contributed by atoms with E-state index in [2.05, 4.69) is 29.4 Å². The molecule has 25 heavy (non-hydrogen) atoms. The van der Waals surface area contributed by atoms with E-state index >= 15 is 0 Å². The first kappa shape index (κ1) is 19.3. The molecule has 0 fully saturated rings. The van der Waals surface area contributed by atoms with Gasteiger partial charge in [-0.15, -0.1) is 0 Å². The van der Waals surface area contributed by atoms with Crippen molar-refractivity contribution in [2.24, 2.45) is 0 Å². The molecule has 0 spiro atoms. The molecule has 3 atom stereocenters. The Labute approximate surface area is 151 Å². The number of rotatable bonds is 6. The maximum atomic E-state index is 12.7. The van der Waals surface area contributed by atoms with Crippen LogP contribution >= 0.6 is 0 Å². The van der Waals surface area contributed by atoms with Gasteiger partial charge in [-0.3, -0.25) is 9.59 Å². The number of hydrogen-bond donors (Lipinski definition) is 2. The smallest absolute Gasteiger partial charge is 0.239 e. The number of amides is 2. The summed E-state index contributed by atoms with van der Waals surface area (Å²) >= 11 is 0. The van der Waals surface area contributed by atoms with Crippen molar-refractivity contribution in [3.8, 4) is 0 Å². The van der Waals surface area contributed by atoms with Crippen molar-refractivity contribution in [1.29, 1.82) is 0 Å². The van der Waals surface area contributed by atoms with Crippen LogP contribution < -0.4 is 15.5 Å². The number of anilines is 1. The van der Waals surface area contributed by atoms with Crippen molar-refractivity contribution in [2.75, 3.05) is 11.4 Å². The minimum absolute atomic E-state index is 0.0131. The third-order valence-electron chi connectivity index (χ3n) is 4.81. The fourth-order valence-corrected chi connectivity index (χ4v) is 3.33. The monoisotopic (exact) mass is 345 g/mol. The zero-order valence-corrected chi connectivity index (χ0v) is 16.0. The molecule has 0 bridgehead atoms. The van der Waals surface area contributed by atoms with E-state index in [9.17, 15) is 9.59 Å². The third kappa shape index (κ3) is 4.74. The Bertz CT molecular complexity index is 615. The van der Waals surface area contributed by atoms with Gasteiger partial charge >= 0.3 is 0 Å². The van der Waals surface area contributed by atoms with E-state index < -0.39 is 0 Å². The summed E-state index contributed by atoms with van der Waals surface area (Å²) in [7, 11) is 0. The summed E-state index contributed by atoms with van der Waals surface area (Å²) < 4.78 is 0. The van der Waals surface area contributed by atoms with E-state index in [1.165, 1.54) is 0 Å². The fourth-order valence-electron chi connectivity index (χ4n) is 3.33. The minimum atomic E-state index is -0.162. The molecule has 0 saturated heterocycles. The Kier molecular flexibility index (Phi) is 6.45. The van der Waals surface area contributed by atoms with Crippen LogP contribution in [0.3, 0.4) is 0 Å². The SMILES string of the molecule is CC[C@H](C)NC(=O)[C@@H]1C[C@H](C)N(CC(=O)NC(C)C)c2ccccc21. The quantitative estimate of drug-likeness (QED) is 0.833. The van der Waals surface area contributed by atoms with Crippen molar-refractivity contribution in [2.45, 2.75) is 71.5 Å². The third-order valence-corrected chi connectivity index (χ3v) is 4.81. The molecule has 1 heterocycles. The number of hydrogen-bond acceptors (Lipinski definition) is 3. The van der Waals surface area contributed by atoms with Gasteiger partial charge < -0.3 is 15.5 Å². The van der Waals surface area contributed by atoms with Crippen molar-refractivity contribution in [1.82, 2.24) is 10.6 Å². The summed E-state index contributed by atoms with van der Waals surface area (Å²) in [5, 5.41) is 6.05. The Morgan fingerprint density at radius 2 is 1.88 bits per heavy atom. The highest BCUT2D eigenvalue weighted by atomic mass is 16.2. The molecular formula is C20H31N3O2. The summed E-state index contributed by atoms with van der Waals surface area (Å²) in [5.41, 5.74) is 2.00. The van der Waals surface area contributed by atoms with Gasteiger partial charge in [-0.1, -0.05) is 25.1 Å². The van der Waals surface area contributed by atoms with E-state index in [4.69, 9.17) is 0 Å². The molecule has 1 aliphatic heterocycles. The van der Waals surface area contributed by atoms with Crippen LogP contribution in [0, 0.1) is 0 Å². The van der Waals surface area contributed by atoms with E-state index in [1.807, 2.05) is 45.0 Å². The van der Waals surface area contributed by atoms with Crippen LogP contribution in [0.25, 0.3) is 0 Å². The van der Waals surface area contributed by atoms with Gasteiger partial charge in [0.15, 0.2) is 0 Å². The molecule has 5 heteroatoms. The molecular weight excluding hydrogens is 314 g/mol. The van der Waals surface area contributed by atoms with Gasteiger partial charge in [0.25, 0.3) is 0 Å². The zero-order chi connectivity index (χ0) is 18.6. The van der Waals surface area contributed by atoms with Crippen molar-refractivity contribution in [3.05, 3.63) is 29.8 Å². The molecule has 1 aromatic rings. The summed E-state index contributed by atoms with van der Waals surface area (Å²) in [6.07, 6.45) is 1.63. The Balaban J connectivity index is 2.24. The van der Waals surface area contributed by atoms with Crippen LogP contribution in [-0.4, -0.2) is 36.5 Å². The van der Waals surface area contributed by atoms with Gasteiger partial charge in [0.05, 0.1) is 12.5 Å². The molecule has 2 amide bonds. The van der Waals surface area contributed by atoms with Crippen LogP contribution in [0.1, 0.15) is 58.9 Å². The molecule has 0 unspecified atom stereocenters. The second-order valence-corrected chi connectivity index (χ2v) is 7.36. The number of fused-ring (bicyclic) bond motifs is 1. The maximum absolute atomic E-state index is 12.7. The molecule has 2 N–H and O–H groups in total. The second kappa shape index (κ2) is 8.37. The van der Waals surface area contributed by atoms with Crippen molar-refractivity contribution in [3.63, 3.8) is 0 Å². The molecule has 0 radical (unpaired) electrons. The molecule has 0 aliphatic carbocycles. The van der Waals surface area contributed by atoms with E-state index in [-0.39, 0.29) is 35.9 Å². The highest BCUT2D eigenvalue weighted by Crippen LogP contribution is 2.38. The molecule has 1 aromatic carbocycles. The number of para-hydroxylation sites is 1. The first-order chi connectivity index (χ1) is 11.8. The number of carbonyl (C=O) groups is 2. The average Bonchev–Trinajstić information content (AvgIpc) is 2.56.